The van der Waals surface area contributed by atoms with E-state index in [-0.39, 0.29) is 12.1 Å². The van der Waals surface area contributed by atoms with Gasteiger partial charge in [0.05, 0.1) is 12.1 Å². The second-order valence-electron chi connectivity index (χ2n) is 4.66. The SMILES string of the molecule is CSc1ccccc1NC1CCCCCC1O. The second-order valence-corrected chi connectivity index (χ2v) is 5.50. The third kappa shape index (κ3) is 3.39. The van der Waals surface area contributed by atoms with E-state index in [1.54, 1.807) is 11.8 Å². The molecule has 0 aromatic heterocycles. The minimum atomic E-state index is -0.201. The van der Waals surface area contributed by atoms with Crippen molar-refractivity contribution in [1.82, 2.24) is 0 Å². The molecule has 0 amide bonds. The van der Waals surface area contributed by atoms with E-state index in [1.807, 2.05) is 6.07 Å². The van der Waals surface area contributed by atoms with Gasteiger partial charge in [0.25, 0.3) is 0 Å². The van der Waals surface area contributed by atoms with Crippen molar-refractivity contribution in [2.45, 2.75) is 49.1 Å². The van der Waals surface area contributed by atoms with Crippen LogP contribution < -0.4 is 5.32 Å². The lowest BCUT2D eigenvalue weighted by molar-refractivity contribution is 0.144. The van der Waals surface area contributed by atoms with Crippen LogP contribution in [0.3, 0.4) is 0 Å². The predicted molar refractivity (Wildman–Crippen MR) is 74.7 cm³/mol. The van der Waals surface area contributed by atoms with Gasteiger partial charge in [-0.05, 0) is 31.2 Å². The largest absolute Gasteiger partial charge is 0.391 e. The van der Waals surface area contributed by atoms with E-state index >= 15 is 0 Å². The van der Waals surface area contributed by atoms with Crippen molar-refractivity contribution in [2.75, 3.05) is 11.6 Å². The van der Waals surface area contributed by atoms with Crippen LogP contribution in [0.5, 0.6) is 0 Å². The minimum absolute atomic E-state index is 0.201. The van der Waals surface area contributed by atoms with Crippen molar-refractivity contribution in [3.05, 3.63) is 24.3 Å². The molecule has 1 fully saturated rings. The molecule has 0 saturated heterocycles. The number of nitrogens with one attached hydrogen (secondary N) is 1. The molecule has 1 aliphatic rings. The average molecular weight is 251 g/mol. The summed E-state index contributed by atoms with van der Waals surface area (Å²) in [4.78, 5) is 1.25. The van der Waals surface area contributed by atoms with Crippen LogP contribution in [0.4, 0.5) is 5.69 Å². The standard InChI is InChI=1S/C14H21NOS/c1-17-14-10-6-5-8-12(14)15-11-7-3-2-4-9-13(11)16/h5-6,8,10-11,13,15-16H,2-4,7,9H2,1H3. The van der Waals surface area contributed by atoms with Crippen molar-refractivity contribution in [2.24, 2.45) is 0 Å². The lowest BCUT2D eigenvalue weighted by Gasteiger charge is -2.24. The molecule has 1 aromatic rings. The number of benzene rings is 1. The van der Waals surface area contributed by atoms with Crippen LogP contribution in [0, 0.1) is 0 Å². The van der Waals surface area contributed by atoms with Crippen LogP contribution in [-0.4, -0.2) is 23.5 Å². The Morgan fingerprint density at radius 1 is 1.18 bits per heavy atom. The summed E-state index contributed by atoms with van der Waals surface area (Å²) in [5.41, 5.74) is 1.16. The monoisotopic (exact) mass is 251 g/mol. The molecule has 0 bridgehead atoms. The third-order valence-corrected chi connectivity index (χ3v) is 4.22. The van der Waals surface area contributed by atoms with Gasteiger partial charge in [-0.3, -0.25) is 0 Å². The van der Waals surface area contributed by atoms with Gasteiger partial charge in [-0.15, -0.1) is 11.8 Å². The summed E-state index contributed by atoms with van der Waals surface area (Å²) in [6, 6.07) is 8.54. The minimum Gasteiger partial charge on any atom is -0.391 e. The molecule has 2 nitrogen and oxygen atoms in total. The summed E-state index contributed by atoms with van der Waals surface area (Å²) >= 11 is 1.75. The number of anilines is 1. The lowest BCUT2D eigenvalue weighted by atomic mass is 10.1. The van der Waals surface area contributed by atoms with Gasteiger partial charge in [0.15, 0.2) is 0 Å². The normalized spacial score (nSPS) is 25.3. The Kier molecular flexibility index (Phi) is 4.75. The Hall–Kier alpha value is -0.670. The molecule has 2 unspecified atom stereocenters. The van der Waals surface area contributed by atoms with Crippen LogP contribution >= 0.6 is 11.8 Å². The Morgan fingerprint density at radius 2 is 1.94 bits per heavy atom. The molecule has 94 valence electrons. The molecule has 1 aromatic carbocycles. The van der Waals surface area contributed by atoms with Gasteiger partial charge in [0.1, 0.15) is 0 Å². The predicted octanol–water partition coefficient (Wildman–Crippen LogP) is 3.51. The maximum Gasteiger partial charge on any atom is 0.0741 e. The highest BCUT2D eigenvalue weighted by molar-refractivity contribution is 7.98. The summed E-state index contributed by atoms with van der Waals surface area (Å²) in [6.45, 7) is 0. The fraction of sp³-hybridized carbons (Fsp3) is 0.571. The number of aliphatic hydroxyl groups excluding tert-OH is 1. The second kappa shape index (κ2) is 6.31. The maximum absolute atomic E-state index is 10.1. The number of para-hydroxylation sites is 1. The molecule has 17 heavy (non-hydrogen) atoms. The van der Waals surface area contributed by atoms with Crippen LogP contribution in [0.25, 0.3) is 0 Å². The van der Waals surface area contributed by atoms with E-state index < -0.39 is 0 Å². The zero-order chi connectivity index (χ0) is 12.1. The molecule has 0 aliphatic heterocycles. The summed E-state index contributed by atoms with van der Waals surface area (Å²) in [6.07, 6.45) is 7.51. The number of hydrogen-bond acceptors (Lipinski definition) is 3. The van der Waals surface area contributed by atoms with Gasteiger partial charge >= 0.3 is 0 Å². The van der Waals surface area contributed by atoms with Gasteiger partial charge in [0, 0.05) is 10.6 Å². The Bertz CT molecular complexity index is 356. The molecular weight excluding hydrogens is 230 g/mol. The average Bonchev–Trinajstić information content (AvgIpc) is 2.56. The van der Waals surface area contributed by atoms with Gasteiger partial charge in [-0.2, -0.15) is 0 Å². The van der Waals surface area contributed by atoms with Crippen LogP contribution in [0.2, 0.25) is 0 Å². The van der Waals surface area contributed by atoms with E-state index in [2.05, 4.69) is 29.8 Å². The fourth-order valence-electron chi connectivity index (χ4n) is 2.42. The first kappa shape index (κ1) is 12.8. The molecule has 0 spiro atoms. The molecule has 0 radical (unpaired) electrons. The molecule has 3 heteroatoms. The molecule has 2 rings (SSSR count). The Balaban J connectivity index is 2.07. The molecular formula is C14H21NOS. The summed E-state index contributed by atoms with van der Waals surface area (Å²) < 4.78 is 0. The van der Waals surface area contributed by atoms with Crippen molar-refractivity contribution in [1.29, 1.82) is 0 Å². The number of thioether (sulfide) groups is 1. The van der Waals surface area contributed by atoms with Crippen LogP contribution in [0.15, 0.2) is 29.2 Å². The van der Waals surface area contributed by atoms with E-state index in [4.69, 9.17) is 0 Å². The molecule has 2 atom stereocenters. The zero-order valence-electron chi connectivity index (χ0n) is 10.4. The first-order valence-corrected chi connectivity index (χ1v) is 7.61. The van der Waals surface area contributed by atoms with E-state index in [0.717, 1.165) is 24.9 Å². The molecule has 2 N–H and O–H groups in total. The van der Waals surface area contributed by atoms with Crippen molar-refractivity contribution in [3.63, 3.8) is 0 Å². The Morgan fingerprint density at radius 3 is 2.76 bits per heavy atom. The number of aliphatic hydroxyl groups is 1. The van der Waals surface area contributed by atoms with Crippen molar-refractivity contribution in [3.8, 4) is 0 Å². The summed E-state index contributed by atoms with van der Waals surface area (Å²) in [5, 5.41) is 13.6. The maximum atomic E-state index is 10.1. The molecule has 0 heterocycles. The first-order valence-electron chi connectivity index (χ1n) is 6.39. The van der Waals surface area contributed by atoms with Crippen molar-refractivity contribution < 1.29 is 5.11 Å². The van der Waals surface area contributed by atoms with Crippen LogP contribution in [-0.2, 0) is 0 Å². The molecule has 1 aliphatic carbocycles. The van der Waals surface area contributed by atoms with Crippen LogP contribution in [0.1, 0.15) is 32.1 Å². The third-order valence-electron chi connectivity index (χ3n) is 3.43. The zero-order valence-corrected chi connectivity index (χ0v) is 11.2. The molecule has 1 saturated carbocycles. The quantitative estimate of drug-likeness (QED) is 0.637. The topological polar surface area (TPSA) is 32.3 Å². The smallest absolute Gasteiger partial charge is 0.0741 e. The highest BCUT2D eigenvalue weighted by Crippen LogP contribution is 2.28. The summed E-state index contributed by atoms with van der Waals surface area (Å²) in [5.74, 6) is 0. The first-order chi connectivity index (χ1) is 8.31. The van der Waals surface area contributed by atoms with E-state index in [0.29, 0.717) is 0 Å². The number of hydrogen-bond donors (Lipinski definition) is 2. The van der Waals surface area contributed by atoms with Gasteiger partial charge < -0.3 is 10.4 Å². The van der Waals surface area contributed by atoms with Crippen molar-refractivity contribution >= 4 is 17.4 Å². The van der Waals surface area contributed by atoms with Gasteiger partial charge in [0.2, 0.25) is 0 Å². The van der Waals surface area contributed by atoms with E-state index in [1.165, 1.54) is 17.7 Å². The Labute approximate surface area is 108 Å². The lowest BCUT2D eigenvalue weighted by Crippen LogP contribution is -2.32. The highest BCUT2D eigenvalue weighted by atomic mass is 32.2. The highest BCUT2D eigenvalue weighted by Gasteiger charge is 2.21. The van der Waals surface area contributed by atoms with Gasteiger partial charge in [-0.1, -0.05) is 31.4 Å². The van der Waals surface area contributed by atoms with Gasteiger partial charge in [-0.25, -0.2) is 0 Å². The number of rotatable bonds is 3. The summed E-state index contributed by atoms with van der Waals surface area (Å²) in [7, 11) is 0. The van der Waals surface area contributed by atoms with E-state index in [9.17, 15) is 5.11 Å². The fourth-order valence-corrected chi connectivity index (χ4v) is 2.98.